The van der Waals surface area contributed by atoms with E-state index in [2.05, 4.69) is 25.6 Å². The first kappa shape index (κ1) is 20.6. The number of amides is 1. The number of nitrogens with one attached hydrogen (secondary N) is 2. The largest absolute Gasteiger partial charge is 0.497 e. The van der Waals surface area contributed by atoms with Crippen LogP contribution in [0, 0.1) is 4.77 Å². The average molecular weight is 461 g/mol. The number of ether oxygens (including phenoxy) is 1. The van der Waals surface area contributed by atoms with E-state index in [9.17, 15) is 4.79 Å². The third-order valence-corrected chi connectivity index (χ3v) is 5.37. The monoisotopic (exact) mass is 460 g/mol. The summed E-state index contributed by atoms with van der Waals surface area (Å²) in [5.74, 6) is 1.06. The first-order valence-electron chi connectivity index (χ1n) is 10.1. The lowest BCUT2D eigenvalue weighted by Gasteiger charge is -2.08. The van der Waals surface area contributed by atoms with Crippen molar-refractivity contribution in [2.45, 2.75) is 13.1 Å². The summed E-state index contributed by atoms with van der Waals surface area (Å²) < 4.78 is 10.9. The van der Waals surface area contributed by atoms with Crippen LogP contribution in [0.15, 0.2) is 67.3 Å². The Morgan fingerprint density at radius 3 is 2.82 bits per heavy atom. The van der Waals surface area contributed by atoms with Gasteiger partial charge in [-0.1, -0.05) is 6.07 Å². The molecule has 0 radical (unpaired) electrons. The molecule has 33 heavy (non-hydrogen) atoms. The van der Waals surface area contributed by atoms with E-state index in [0.717, 1.165) is 22.7 Å². The molecule has 166 valence electrons. The second-order valence-corrected chi connectivity index (χ2v) is 7.73. The van der Waals surface area contributed by atoms with Gasteiger partial charge < -0.3 is 14.5 Å². The molecule has 0 bridgehead atoms. The molecule has 11 heteroatoms. The third-order valence-electron chi connectivity index (χ3n) is 5.06. The van der Waals surface area contributed by atoms with E-state index in [4.69, 9.17) is 17.0 Å². The smallest absolute Gasteiger partial charge is 0.244 e. The van der Waals surface area contributed by atoms with Crippen LogP contribution in [0.4, 0.5) is 5.69 Å². The average Bonchev–Trinajstić information content (AvgIpc) is 3.53. The Bertz CT molecular complexity index is 1450. The molecule has 0 atom stereocenters. The summed E-state index contributed by atoms with van der Waals surface area (Å²) in [4.78, 5) is 17.3. The van der Waals surface area contributed by atoms with Crippen molar-refractivity contribution in [3.8, 4) is 17.1 Å². The van der Waals surface area contributed by atoms with E-state index in [1.807, 2.05) is 59.3 Å². The molecule has 10 nitrogen and oxygen atoms in total. The number of fused-ring (bicyclic) bond motifs is 1. The molecule has 4 heterocycles. The predicted octanol–water partition coefficient (Wildman–Crippen LogP) is 3.15. The fourth-order valence-electron chi connectivity index (χ4n) is 3.51. The van der Waals surface area contributed by atoms with Crippen LogP contribution in [0.3, 0.4) is 0 Å². The Morgan fingerprint density at radius 2 is 2.03 bits per heavy atom. The summed E-state index contributed by atoms with van der Waals surface area (Å²) in [5.41, 5.74) is 3.15. The Labute approximate surface area is 193 Å². The molecule has 0 fully saturated rings. The summed E-state index contributed by atoms with van der Waals surface area (Å²) in [6, 6.07) is 13.2. The lowest BCUT2D eigenvalue weighted by Crippen LogP contribution is -2.19. The van der Waals surface area contributed by atoms with E-state index in [-0.39, 0.29) is 12.5 Å². The van der Waals surface area contributed by atoms with Gasteiger partial charge in [0.1, 0.15) is 17.9 Å². The van der Waals surface area contributed by atoms with Gasteiger partial charge in [-0.3, -0.25) is 19.1 Å². The second kappa shape index (κ2) is 8.71. The molecule has 1 aromatic carbocycles. The van der Waals surface area contributed by atoms with Gasteiger partial charge in [0.25, 0.3) is 0 Å². The molecule has 1 amide bonds. The molecule has 4 aromatic heterocycles. The number of nitrogens with zero attached hydrogens (tertiary/aromatic N) is 6. The number of methoxy groups -OCH3 is 1. The van der Waals surface area contributed by atoms with Crippen molar-refractivity contribution in [1.82, 2.24) is 33.9 Å². The van der Waals surface area contributed by atoms with Crippen LogP contribution in [-0.4, -0.2) is 46.9 Å². The number of aromatic amines is 1. The van der Waals surface area contributed by atoms with Gasteiger partial charge in [0.2, 0.25) is 5.91 Å². The predicted molar refractivity (Wildman–Crippen MR) is 125 cm³/mol. The van der Waals surface area contributed by atoms with Crippen molar-refractivity contribution >= 4 is 29.5 Å². The van der Waals surface area contributed by atoms with Gasteiger partial charge in [-0.25, -0.2) is 4.98 Å². The van der Waals surface area contributed by atoms with E-state index >= 15 is 0 Å². The van der Waals surface area contributed by atoms with Gasteiger partial charge in [-0.05, 0) is 48.6 Å². The standard InChI is InChI=1S/C22H20N8O2S/c1-32-18-7-5-15(6-8-18)21-26-27-22(33)30(21)14-20(31)25-16-10-23-29(12-16)13-17-11-28-9-3-2-4-19(28)24-17/h2-12H,13-14H2,1H3,(H,25,31)(H,27,33). The minimum Gasteiger partial charge on any atom is -0.497 e. The SMILES string of the molecule is COc1ccc(-c2n[nH]c(=S)n2CC(=O)Nc2cnn(Cc3cn4ccccc4n3)c2)cc1. The van der Waals surface area contributed by atoms with E-state index in [1.54, 1.807) is 28.8 Å². The number of carbonyl (C=O) groups is 1. The van der Waals surface area contributed by atoms with Crippen LogP contribution in [0.5, 0.6) is 5.75 Å². The number of hydrogen-bond donors (Lipinski definition) is 2. The zero-order chi connectivity index (χ0) is 22.8. The van der Waals surface area contributed by atoms with Gasteiger partial charge in [0.05, 0.1) is 31.2 Å². The second-order valence-electron chi connectivity index (χ2n) is 7.34. The van der Waals surface area contributed by atoms with Crippen molar-refractivity contribution in [2.75, 3.05) is 12.4 Å². The fourth-order valence-corrected chi connectivity index (χ4v) is 3.71. The molecule has 2 N–H and O–H groups in total. The first-order chi connectivity index (χ1) is 16.1. The number of imidazole rings is 1. The number of carbonyl (C=O) groups excluding carboxylic acids is 1. The maximum atomic E-state index is 12.7. The first-order valence-corrected chi connectivity index (χ1v) is 10.5. The van der Waals surface area contributed by atoms with E-state index in [0.29, 0.717) is 22.8 Å². The number of pyridine rings is 1. The molecule has 0 aliphatic carbocycles. The molecular formula is C22H20N8O2S. The summed E-state index contributed by atoms with van der Waals surface area (Å²) >= 11 is 5.32. The Kier molecular flexibility index (Phi) is 5.45. The number of hydrogen-bond acceptors (Lipinski definition) is 6. The summed E-state index contributed by atoms with van der Waals surface area (Å²) in [5, 5.41) is 14.2. The van der Waals surface area contributed by atoms with Crippen LogP contribution in [0.25, 0.3) is 17.0 Å². The zero-order valence-electron chi connectivity index (χ0n) is 17.7. The van der Waals surface area contributed by atoms with Gasteiger partial charge in [-0.2, -0.15) is 10.2 Å². The molecule has 0 unspecified atom stereocenters. The molecule has 5 aromatic rings. The number of benzene rings is 1. The zero-order valence-corrected chi connectivity index (χ0v) is 18.5. The van der Waals surface area contributed by atoms with E-state index < -0.39 is 0 Å². The summed E-state index contributed by atoms with van der Waals surface area (Å²) in [7, 11) is 1.61. The highest BCUT2D eigenvalue weighted by Gasteiger charge is 2.14. The van der Waals surface area contributed by atoms with Crippen molar-refractivity contribution < 1.29 is 9.53 Å². The number of H-pyrrole nitrogens is 1. The summed E-state index contributed by atoms with van der Waals surface area (Å²) in [6.45, 7) is 0.500. The van der Waals surface area contributed by atoms with Crippen molar-refractivity contribution in [3.63, 3.8) is 0 Å². The van der Waals surface area contributed by atoms with Crippen LogP contribution >= 0.6 is 12.2 Å². The van der Waals surface area contributed by atoms with Gasteiger partial charge in [-0.15, -0.1) is 0 Å². The lowest BCUT2D eigenvalue weighted by atomic mass is 10.2. The minimum atomic E-state index is -0.241. The number of anilines is 1. The van der Waals surface area contributed by atoms with Crippen LogP contribution < -0.4 is 10.1 Å². The maximum Gasteiger partial charge on any atom is 0.244 e. The number of aromatic nitrogens is 7. The topological polar surface area (TPSA) is 107 Å². The van der Waals surface area contributed by atoms with Crippen LogP contribution in [0.1, 0.15) is 5.69 Å². The molecule has 0 saturated heterocycles. The molecule has 0 spiro atoms. The van der Waals surface area contributed by atoms with Crippen molar-refractivity contribution in [3.05, 3.63) is 77.7 Å². The van der Waals surface area contributed by atoms with Gasteiger partial charge >= 0.3 is 0 Å². The Hall–Kier alpha value is -4.25. The van der Waals surface area contributed by atoms with Crippen molar-refractivity contribution in [2.24, 2.45) is 0 Å². The summed E-state index contributed by atoms with van der Waals surface area (Å²) in [6.07, 6.45) is 7.27. The van der Waals surface area contributed by atoms with Crippen LogP contribution in [0.2, 0.25) is 0 Å². The quantitative estimate of drug-likeness (QED) is 0.361. The maximum absolute atomic E-state index is 12.7. The minimum absolute atomic E-state index is 0.00825. The fraction of sp³-hybridized carbons (Fsp3) is 0.136. The van der Waals surface area contributed by atoms with Crippen LogP contribution in [-0.2, 0) is 17.9 Å². The molecular weight excluding hydrogens is 440 g/mol. The number of rotatable bonds is 7. The molecule has 5 rings (SSSR count). The lowest BCUT2D eigenvalue weighted by molar-refractivity contribution is -0.116. The highest BCUT2D eigenvalue weighted by Crippen LogP contribution is 2.21. The third kappa shape index (κ3) is 4.39. The van der Waals surface area contributed by atoms with Gasteiger partial charge in [0.15, 0.2) is 10.6 Å². The highest BCUT2D eigenvalue weighted by molar-refractivity contribution is 7.71. The normalized spacial score (nSPS) is 11.1. The Balaban J connectivity index is 1.27. The highest BCUT2D eigenvalue weighted by atomic mass is 32.1. The Morgan fingerprint density at radius 1 is 1.18 bits per heavy atom. The molecule has 0 aliphatic rings. The van der Waals surface area contributed by atoms with Crippen molar-refractivity contribution in [1.29, 1.82) is 0 Å². The molecule has 0 aliphatic heterocycles. The van der Waals surface area contributed by atoms with Gasteiger partial charge in [0, 0.05) is 24.2 Å². The van der Waals surface area contributed by atoms with E-state index in [1.165, 1.54) is 0 Å². The molecule has 0 saturated carbocycles.